The normalized spacial score (nSPS) is 29.7. The van der Waals surface area contributed by atoms with Gasteiger partial charge in [0, 0.05) is 13.2 Å². The van der Waals surface area contributed by atoms with Crippen LogP contribution in [-0.2, 0) is 14.6 Å². The first-order valence-electron chi connectivity index (χ1n) is 6.95. The highest BCUT2D eigenvalue weighted by Gasteiger charge is 2.28. The number of ether oxygens (including phenoxy) is 1. The van der Waals surface area contributed by atoms with E-state index >= 15 is 0 Å². The van der Waals surface area contributed by atoms with Gasteiger partial charge in [-0.2, -0.15) is 0 Å². The smallest absolute Gasteiger partial charge is 0.188 e. The van der Waals surface area contributed by atoms with Crippen LogP contribution in [0.2, 0.25) is 0 Å². The van der Waals surface area contributed by atoms with E-state index in [4.69, 9.17) is 10.5 Å². The monoisotopic (exact) mass is 417 g/mol. The first-order valence-corrected chi connectivity index (χ1v) is 8.66. The summed E-state index contributed by atoms with van der Waals surface area (Å²) in [7, 11) is -2.95. The van der Waals surface area contributed by atoms with Crippen LogP contribution in [0.15, 0.2) is 4.99 Å². The fraction of sp³-hybridized carbons (Fsp3) is 0.917. The Morgan fingerprint density at radius 1 is 1.30 bits per heavy atom. The summed E-state index contributed by atoms with van der Waals surface area (Å²) in [6, 6.07) is 0. The quantitative estimate of drug-likeness (QED) is 0.398. The van der Waals surface area contributed by atoms with Gasteiger partial charge in [0.05, 0.1) is 23.7 Å². The number of rotatable bonds is 4. The Balaban J connectivity index is 0.00000200. The van der Waals surface area contributed by atoms with E-state index in [0.29, 0.717) is 31.2 Å². The lowest BCUT2D eigenvalue weighted by Gasteiger charge is -2.22. The molecule has 2 saturated heterocycles. The number of guanidine groups is 1. The molecule has 0 radical (unpaired) electrons. The third-order valence-corrected chi connectivity index (χ3v) is 5.99. The fourth-order valence-electron chi connectivity index (χ4n) is 2.51. The van der Waals surface area contributed by atoms with Crippen molar-refractivity contribution < 1.29 is 13.2 Å². The molecule has 0 aliphatic carbocycles. The van der Waals surface area contributed by atoms with Crippen LogP contribution in [0, 0.1) is 0 Å². The van der Waals surface area contributed by atoms with Gasteiger partial charge in [0.15, 0.2) is 15.8 Å². The first-order chi connectivity index (χ1) is 9.08. The Bertz CT molecular complexity index is 422. The summed E-state index contributed by atoms with van der Waals surface area (Å²) in [5.41, 5.74) is 5.75. The molecule has 2 aliphatic rings. The average molecular weight is 417 g/mol. The number of halogens is 1. The molecule has 6 nitrogen and oxygen atoms in total. The lowest BCUT2D eigenvalue weighted by molar-refractivity contribution is 0.118. The molecule has 2 aliphatic heterocycles. The molecule has 2 fully saturated rings. The van der Waals surface area contributed by atoms with E-state index in [1.165, 1.54) is 0 Å². The third-order valence-electron chi connectivity index (χ3n) is 3.71. The van der Waals surface area contributed by atoms with Crippen LogP contribution < -0.4 is 11.1 Å². The molecule has 0 spiro atoms. The average Bonchev–Trinajstić information content (AvgIpc) is 2.87. The number of nitrogens with two attached hydrogens (primary N) is 1. The highest BCUT2D eigenvalue weighted by molar-refractivity contribution is 14.0. The summed E-state index contributed by atoms with van der Waals surface area (Å²) in [5, 5.41) is 2.60. The molecule has 2 atom stereocenters. The molecular formula is C12H24IN3O3S. The topological polar surface area (TPSA) is 93.8 Å². The minimum atomic E-state index is -2.95. The number of aliphatic imine (C=N–C) groups is 1. The summed E-state index contributed by atoms with van der Waals surface area (Å²) in [5.74, 6) is 0.614. The lowest BCUT2D eigenvalue weighted by Crippen LogP contribution is -2.42. The summed E-state index contributed by atoms with van der Waals surface area (Å²) in [6.07, 6.45) is 4.73. The van der Waals surface area contributed by atoms with E-state index in [2.05, 4.69) is 10.3 Å². The van der Waals surface area contributed by atoms with Gasteiger partial charge < -0.3 is 15.8 Å². The van der Waals surface area contributed by atoms with E-state index in [0.717, 1.165) is 32.3 Å². The first kappa shape index (κ1) is 18.0. The van der Waals surface area contributed by atoms with Gasteiger partial charge in [-0.15, -0.1) is 24.0 Å². The van der Waals surface area contributed by atoms with Crippen LogP contribution in [0.5, 0.6) is 0 Å². The second kappa shape index (κ2) is 8.38. The second-order valence-electron chi connectivity index (χ2n) is 5.23. The van der Waals surface area contributed by atoms with Crippen LogP contribution in [0.25, 0.3) is 0 Å². The highest BCUT2D eigenvalue weighted by atomic mass is 127. The zero-order valence-corrected chi connectivity index (χ0v) is 14.7. The van der Waals surface area contributed by atoms with Gasteiger partial charge >= 0.3 is 0 Å². The van der Waals surface area contributed by atoms with Crippen molar-refractivity contribution in [3.8, 4) is 0 Å². The lowest BCUT2D eigenvalue weighted by atomic mass is 10.2. The van der Waals surface area contributed by atoms with Gasteiger partial charge in [0.1, 0.15) is 0 Å². The molecule has 0 aromatic carbocycles. The Kier molecular flexibility index (Phi) is 7.52. The number of hydrogen-bond acceptors (Lipinski definition) is 4. The van der Waals surface area contributed by atoms with Crippen molar-refractivity contribution in [2.75, 3.05) is 25.4 Å². The number of nitrogens with zero attached hydrogens (tertiary/aromatic N) is 1. The molecule has 0 bridgehead atoms. The fourth-order valence-corrected chi connectivity index (χ4v) is 4.32. The van der Waals surface area contributed by atoms with Gasteiger partial charge in [0.2, 0.25) is 0 Å². The Morgan fingerprint density at radius 2 is 2.10 bits per heavy atom. The van der Waals surface area contributed by atoms with E-state index in [1.807, 2.05) is 0 Å². The highest BCUT2D eigenvalue weighted by Crippen LogP contribution is 2.18. The van der Waals surface area contributed by atoms with Crippen molar-refractivity contribution in [2.45, 2.75) is 43.5 Å². The maximum atomic E-state index is 11.8. The molecule has 3 N–H and O–H groups in total. The molecule has 118 valence electrons. The predicted octanol–water partition coefficient (Wildman–Crippen LogP) is 0.655. The van der Waals surface area contributed by atoms with Crippen molar-refractivity contribution >= 4 is 39.8 Å². The molecule has 2 unspecified atom stereocenters. The van der Waals surface area contributed by atoms with Gasteiger partial charge in [-0.05, 0) is 25.7 Å². The molecule has 0 aromatic heterocycles. The Morgan fingerprint density at radius 3 is 2.75 bits per heavy atom. The molecule has 0 aromatic rings. The van der Waals surface area contributed by atoms with Gasteiger partial charge in [-0.25, -0.2) is 8.42 Å². The van der Waals surface area contributed by atoms with E-state index < -0.39 is 9.84 Å². The zero-order valence-electron chi connectivity index (χ0n) is 11.6. The Labute approximate surface area is 137 Å². The predicted molar refractivity (Wildman–Crippen MR) is 90.3 cm³/mol. The van der Waals surface area contributed by atoms with Gasteiger partial charge in [-0.3, -0.25) is 4.99 Å². The summed E-state index contributed by atoms with van der Waals surface area (Å²) >= 11 is 0. The van der Waals surface area contributed by atoms with Crippen LogP contribution in [0.3, 0.4) is 0 Å². The largest absolute Gasteiger partial charge is 0.376 e. The molecule has 0 amide bonds. The Hall–Kier alpha value is -0.0900. The summed E-state index contributed by atoms with van der Waals surface area (Å²) < 4.78 is 29.1. The third kappa shape index (κ3) is 5.36. The van der Waals surface area contributed by atoms with Crippen LogP contribution in [0.1, 0.15) is 32.1 Å². The second-order valence-corrected chi connectivity index (χ2v) is 7.63. The summed E-state index contributed by atoms with van der Waals surface area (Å²) in [4.78, 5) is 4.20. The number of hydrogen-bond donors (Lipinski definition) is 2. The number of sulfone groups is 1. The summed E-state index contributed by atoms with van der Waals surface area (Å²) in [6.45, 7) is 1.72. The van der Waals surface area contributed by atoms with Crippen molar-refractivity contribution in [1.29, 1.82) is 0 Å². The van der Waals surface area contributed by atoms with Crippen molar-refractivity contribution in [3.05, 3.63) is 0 Å². The van der Waals surface area contributed by atoms with Crippen molar-refractivity contribution in [3.63, 3.8) is 0 Å². The van der Waals surface area contributed by atoms with Crippen LogP contribution >= 0.6 is 24.0 Å². The molecular weight excluding hydrogens is 393 g/mol. The van der Waals surface area contributed by atoms with E-state index in [1.54, 1.807) is 0 Å². The van der Waals surface area contributed by atoms with E-state index in [-0.39, 0.29) is 35.3 Å². The van der Waals surface area contributed by atoms with Crippen LogP contribution in [-0.4, -0.2) is 51.2 Å². The maximum absolute atomic E-state index is 11.8. The zero-order chi connectivity index (χ0) is 13.7. The molecule has 2 heterocycles. The molecule has 20 heavy (non-hydrogen) atoms. The van der Waals surface area contributed by atoms with Crippen molar-refractivity contribution in [1.82, 2.24) is 5.32 Å². The molecule has 2 rings (SSSR count). The standard InChI is InChI=1S/C12H23N3O3S.HI/c13-12(14-8-10-4-3-6-18-10)15-9-11-5-1-2-7-19(11,16)17;/h10-11H,1-9H2,(H3,13,14,15);1H. The van der Waals surface area contributed by atoms with E-state index in [9.17, 15) is 8.42 Å². The van der Waals surface area contributed by atoms with Crippen LogP contribution in [0.4, 0.5) is 0 Å². The minimum absolute atomic E-state index is 0. The van der Waals surface area contributed by atoms with Gasteiger partial charge in [-0.1, -0.05) is 6.42 Å². The van der Waals surface area contributed by atoms with Crippen molar-refractivity contribution in [2.24, 2.45) is 10.7 Å². The molecule has 0 saturated carbocycles. The SMILES string of the molecule is I.NC(=NCC1CCCO1)NCC1CCCCS1(=O)=O. The maximum Gasteiger partial charge on any atom is 0.188 e. The van der Waals surface area contributed by atoms with Gasteiger partial charge in [0.25, 0.3) is 0 Å². The minimum Gasteiger partial charge on any atom is -0.376 e. The molecule has 8 heteroatoms. The number of nitrogens with one attached hydrogen (secondary N) is 1.